The summed E-state index contributed by atoms with van der Waals surface area (Å²) in [5, 5.41) is 8.75. The number of hydrogen-bond acceptors (Lipinski definition) is 4. The first-order valence-corrected chi connectivity index (χ1v) is 8.75. The zero-order chi connectivity index (χ0) is 16.5. The first kappa shape index (κ1) is 17.4. The summed E-state index contributed by atoms with van der Waals surface area (Å²) in [6, 6.07) is 2.27. The quantitative estimate of drug-likeness (QED) is 0.791. The maximum absolute atomic E-state index is 12.8. The zero-order valence-corrected chi connectivity index (χ0v) is 13.7. The van der Waals surface area contributed by atoms with Gasteiger partial charge in [-0.05, 0) is 37.0 Å². The number of halogens is 4. The van der Waals surface area contributed by atoms with Gasteiger partial charge in [0.15, 0.2) is 0 Å². The van der Waals surface area contributed by atoms with Gasteiger partial charge in [-0.2, -0.15) is 13.2 Å². The predicted octanol–water partition coefficient (Wildman–Crippen LogP) is 2.86. The van der Waals surface area contributed by atoms with Crippen LogP contribution in [0.25, 0.3) is 0 Å². The highest BCUT2D eigenvalue weighted by molar-refractivity contribution is 9.10. The Labute approximate surface area is 134 Å². The second-order valence-corrected chi connectivity index (χ2v) is 7.52. The molecule has 1 aliphatic carbocycles. The highest BCUT2D eigenvalue weighted by atomic mass is 79.9. The van der Waals surface area contributed by atoms with Gasteiger partial charge in [-0.1, -0.05) is 15.9 Å². The van der Waals surface area contributed by atoms with Crippen molar-refractivity contribution in [2.45, 2.75) is 29.7 Å². The van der Waals surface area contributed by atoms with Gasteiger partial charge in [0, 0.05) is 28.9 Å². The minimum Gasteiger partial charge on any atom is -0.396 e. The third kappa shape index (κ3) is 3.07. The fourth-order valence-electron chi connectivity index (χ4n) is 2.32. The van der Waals surface area contributed by atoms with Gasteiger partial charge in [-0.25, -0.2) is 8.42 Å². The Morgan fingerprint density at radius 1 is 1.27 bits per heavy atom. The molecule has 0 amide bonds. The summed E-state index contributed by atoms with van der Waals surface area (Å²) >= 11 is 3.24. The van der Waals surface area contributed by atoms with E-state index >= 15 is 0 Å². The van der Waals surface area contributed by atoms with E-state index in [0.717, 1.165) is 6.07 Å². The van der Waals surface area contributed by atoms with Gasteiger partial charge in [0.2, 0.25) is 0 Å². The molecule has 22 heavy (non-hydrogen) atoms. The number of hydrogen-bond donors (Lipinski definition) is 1. The lowest BCUT2D eigenvalue weighted by atomic mass is 10.1. The van der Waals surface area contributed by atoms with Gasteiger partial charge in [0.1, 0.15) is 0 Å². The van der Waals surface area contributed by atoms with Crippen molar-refractivity contribution in [2.75, 3.05) is 13.2 Å². The number of aliphatic hydroxyl groups excluding tert-OH is 1. The Morgan fingerprint density at radius 3 is 2.55 bits per heavy atom. The molecule has 0 aliphatic heterocycles. The number of sulfone groups is 1. The van der Waals surface area contributed by atoms with Crippen molar-refractivity contribution in [3.05, 3.63) is 27.7 Å². The minimum absolute atomic E-state index is 0.0460. The van der Waals surface area contributed by atoms with E-state index in [1.807, 2.05) is 0 Å². The van der Waals surface area contributed by atoms with Crippen molar-refractivity contribution >= 4 is 31.5 Å². The van der Waals surface area contributed by atoms with Crippen LogP contribution >= 0.6 is 15.9 Å². The van der Waals surface area contributed by atoms with E-state index in [9.17, 15) is 21.6 Å². The summed E-state index contributed by atoms with van der Waals surface area (Å²) in [6.07, 6.45) is 1.17. The van der Waals surface area contributed by atoms with E-state index in [1.54, 1.807) is 0 Å². The molecule has 122 valence electrons. The molecule has 0 fully saturated rings. The van der Waals surface area contributed by atoms with Crippen LogP contribution in [-0.4, -0.2) is 37.9 Å². The number of nitrogens with zero attached hydrogens (tertiary/aromatic N) is 1. The maximum Gasteiger partial charge on any atom is 0.501 e. The number of aliphatic imine (C=N–C) groups is 1. The number of fused-ring (bicyclic) bond motifs is 1. The monoisotopic (exact) mass is 399 g/mol. The average Bonchev–Trinajstić information content (AvgIpc) is 2.83. The first-order chi connectivity index (χ1) is 10.2. The van der Waals surface area contributed by atoms with E-state index < -0.39 is 20.2 Å². The molecule has 0 saturated heterocycles. The lowest BCUT2D eigenvalue weighted by Crippen LogP contribution is -2.25. The molecule has 0 aromatic heterocycles. The molecule has 0 bridgehead atoms. The molecule has 4 nitrogen and oxygen atoms in total. The molecule has 0 saturated carbocycles. The fraction of sp³-hybridized carbons (Fsp3) is 0.462. The lowest BCUT2D eigenvalue weighted by molar-refractivity contribution is -0.0436. The third-order valence-electron chi connectivity index (χ3n) is 3.33. The largest absolute Gasteiger partial charge is 0.501 e. The smallest absolute Gasteiger partial charge is 0.396 e. The van der Waals surface area contributed by atoms with Crippen LogP contribution < -0.4 is 0 Å². The lowest BCUT2D eigenvalue weighted by Gasteiger charge is -2.13. The van der Waals surface area contributed by atoms with Gasteiger partial charge < -0.3 is 5.11 Å². The van der Waals surface area contributed by atoms with Crippen molar-refractivity contribution in [3.8, 4) is 0 Å². The van der Waals surface area contributed by atoms with Crippen molar-refractivity contribution in [1.82, 2.24) is 0 Å². The van der Waals surface area contributed by atoms with Crippen molar-refractivity contribution in [2.24, 2.45) is 4.99 Å². The van der Waals surface area contributed by atoms with Crippen molar-refractivity contribution < 1.29 is 26.7 Å². The Kier molecular flexibility index (Phi) is 4.98. The van der Waals surface area contributed by atoms with Crippen molar-refractivity contribution in [1.29, 1.82) is 0 Å². The van der Waals surface area contributed by atoms with Crippen molar-refractivity contribution in [3.63, 3.8) is 0 Å². The van der Waals surface area contributed by atoms with Gasteiger partial charge >= 0.3 is 5.51 Å². The molecule has 2 rings (SSSR count). The molecule has 9 heteroatoms. The van der Waals surface area contributed by atoms with Crippen LogP contribution in [0.4, 0.5) is 13.2 Å². The van der Waals surface area contributed by atoms with Gasteiger partial charge in [-0.3, -0.25) is 4.99 Å². The molecule has 1 aromatic rings. The number of benzene rings is 1. The Balaban J connectivity index is 2.61. The molecule has 0 radical (unpaired) electrons. The van der Waals surface area contributed by atoms with Gasteiger partial charge in [-0.15, -0.1) is 0 Å². The topological polar surface area (TPSA) is 66.7 Å². The third-order valence-corrected chi connectivity index (χ3v) is 5.60. The van der Waals surface area contributed by atoms with Gasteiger partial charge in [0.05, 0.1) is 4.90 Å². The summed E-state index contributed by atoms with van der Waals surface area (Å²) in [5.74, 6) is 0. The van der Waals surface area contributed by atoms with Crippen LogP contribution in [0.1, 0.15) is 24.0 Å². The summed E-state index contributed by atoms with van der Waals surface area (Å²) in [4.78, 5) is 3.40. The summed E-state index contributed by atoms with van der Waals surface area (Å²) in [6.45, 7) is 0.152. The van der Waals surface area contributed by atoms with E-state index in [0.29, 0.717) is 35.0 Å². The summed E-state index contributed by atoms with van der Waals surface area (Å²) in [7, 11) is -5.43. The van der Waals surface area contributed by atoms with Gasteiger partial charge in [0.25, 0.3) is 9.84 Å². The van der Waals surface area contributed by atoms with Crippen LogP contribution in [0.2, 0.25) is 0 Å². The first-order valence-electron chi connectivity index (χ1n) is 6.47. The van der Waals surface area contributed by atoms with Crippen LogP contribution in [0.5, 0.6) is 0 Å². The SMILES string of the molecule is O=S(=O)(c1ccc(Br)c2c1/C(=N\CCCO)CC2)C(F)(F)F. The zero-order valence-electron chi connectivity index (χ0n) is 11.3. The second kappa shape index (κ2) is 6.29. The Morgan fingerprint density at radius 2 is 1.95 bits per heavy atom. The summed E-state index contributed by atoms with van der Waals surface area (Å²) < 4.78 is 62.6. The number of alkyl halides is 3. The van der Waals surface area contributed by atoms with Crippen LogP contribution in [0.15, 0.2) is 26.5 Å². The summed E-state index contributed by atoms with van der Waals surface area (Å²) in [5.41, 5.74) is -4.45. The Bertz CT molecular complexity index is 714. The predicted molar refractivity (Wildman–Crippen MR) is 78.8 cm³/mol. The maximum atomic E-state index is 12.8. The van der Waals surface area contributed by atoms with Crippen LogP contribution in [0, 0.1) is 0 Å². The van der Waals surface area contributed by atoms with E-state index in [-0.39, 0.29) is 18.7 Å². The Hall–Kier alpha value is -0.930. The molecule has 0 unspecified atom stereocenters. The highest BCUT2D eigenvalue weighted by Crippen LogP contribution is 2.39. The molecule has 1 aromatic carbocycles. The molecular formula is C13H13BrF3NO3S. The normalized spacial score (nSPS) is 17.0. The molecule has 0 spiro atoms. The molecular weight excluding hydrogens is 387 g/mol. The molecule has 0 heterocycles. The standard InChI is InChI=1S/C13H13BrF3NO3S/c14-9-3-5-11(22(20,21)13(15,16)17)12-8(9)2-4-10(12)18-6-1-7-19/h3,5,19H,1-2,4,6-7H2/b18-10-. The second-order valence-electron chi connectivity index (χ2n) is 4.75. The highest BCUT2D eigenvalue weighted by Gasteiger charge is 2.49. The van der Waals surface area contributed by atoms with E-state index in [1.165, 1.54) is 6.07 Å². The number of rotatable bonds is 4. The van der Waals surface area contributed by atoms with Crippen LogP contribution in [-0.2, 0) is 16.3 Å². The number of aliphatic hydroxyl groups is 1. The van der Waals surface area contributed by atoms with E-state index in [2.05, 4.69) is 20.9 Å². The molecule has 0 atom stereocenters. The molecule has 1 aliphatic rings. The fourth-order valence-corrected chi connectivity index (χ4v) is 3.86. The average molecular weight is 400 g/mol. The molecule has 1 N–H and O–H groups in total. The minimum atomic E-state index is -5.43. The van der Waals surface area contributed by atoms with E-state index in [4.69, 9.17) is 5.11 Å². The van der Waals surface area contributed by atoms with Crippen LogP contribution in [0.3, 0.4) is 0 Å².